The molecule has 0 saturated carbocycles. The molecule has 0 spiro atoms. The number of carbonyl (C=O) groups excluding carboxylic acids is 2. The van der Waals surface area contributed by atoms with Crippen LogP contribution in [-0.4, -0.2) is 33.0 Å². The maximum atomic E-state index is 13.0. The Morgan fingerprint density at radius 2 is 1.64 bits per heavy atom. The topological polar surface area (TPSA) is 85.1 Å². The standard InChI is InChI=1S/C25H30N4O3S/c1-5-18(6-2)26-24(31)20-14-10-11-15-21(20)33-16-22(30)27-23-17(3)28(4)29(25(23)32)19-12-8-7-9-13-19/h7-15,18H,5-6,16H2,1-4H3,(H,26,31)(H,27,30). The summed E-state index contributed by atoms with van der Waals surface area (Å²) >= 11 is 1.28. The van der Waals surface area contributed by atoms with Crippen molar-refractivity contribution in [2.24, 2.45) is 7.05 Å². The number of anilines is 1. The second-order valence-electron chi connectivity index (χ2n) is 7.76. The first-order chi connectivity index (χ1) is 15.9. The van der Waals surface area contributed by atoms with E-state index in [-0.39, 0.29) is 34.9 Å². The van der Waals surface area contributed by atoms with Gasteiger partial charge in [-0.3, -0.25) is 19.1 Å². The van der Waals surface area contributed by atoms with Crippen LogP contribution in [0, 0.1) is 6.92 Å². The lowest BCUT2D eigenvalue weighted by Crippen LogP contribution is -2.34. The predicted molar refractivity (Wildman–Crippen MR) is 133 cm³/mol. The SMILES string of the molecule is CCC(CC)NC(=O)c1ccccc1SCC(=O)Nc1c(C)n(C)n(-c2ccccc2)c1=O. The van der Waals surface area contributed by atoms with E-state index in [4.69, 9.17) is 0 Å². The quantitative estimate of drug-likeness (QED) is 0.464. The summed E-state index contributed by atoms with van der Waals surface area (Å²) in [6.07, 6.45) is 1.72. The fourth-order valence-corrected chi connectivity index (χ4v) is 4.42. The third kappa shape index (κ3) is 5.57. The van der Waals surface area contributed by atoms with Gasteiger partial charge in [0.25, 0.3) is 11.5 Å². The molecular weight excluding hydrogens is 436 g/mol. The maximum absolute atomic E-state index is 13.0. The van der Waals surface area contributed by atoms with Crippen LogP contribution in [-0.2, 0) is 11.8 Å². The minimum absolute atomic E-state index is 0.0778. The number of amides is 2. The minimum Gasteiger partial charge on any atom is -0.349 e. The van der Waals surface area contributed by atoms with Crippen LogP contribution in [0.25, 0.3) is 5.69 Å². The number of carbonyl (C=O) groups is 2. The highest BCUT2D eigenvalue weighted by molar-refractivity contribution is 8.00. The molecule has 33 heavy (non-hydrogen) atoms. The van der Waals surface area contributed by atoms with Crippen LogP contribution in [0.4, 0.5) is 5.69 Å². The number of aromatic nitrogens is 2. The van der Waals surface area contributed by atoms with Crippen LogP contribution in [0.1, 0.15) is 42.7 Å². The third-order valence-electron chi connectivity index (χ3n) is 5.63. The van der Waals surface area contributed by atoms with Gasteiger partial charge >= 0.3 is 0 Å². The Kier molecular flexibility index (Phi) is 8.16. The van der Waals surface area contributed by atoms with Crippen molar-refractivity contribution in [1.29, 1.82) is 0 Å². The molecule has 2 N–H and O–H groups in total. The largest absolute Gasteiger partial charge is 0.349 e. The van der Waals surface area contributed by atoms with Crippen molar-refractivity contribution in [3.63, 3.8) is 0 Å². The molecule has 174 valence electrons. The number of thioether (sulfide) groups is 1. The summed E-state index contributed by atoms with van der Waals surface area (Å²) in [6.45, 7) is 5.87. The van der Waals surface area contributed by atoms with Crippen LogP contribution in [0.15, 0.2) is 64.3 Å². The van der Waals surface area contributed by atoms with E-state index in [1.807, 2.05) is 62.4 Å². The number of hydrogen-bond acceptors (Lipinski definition) is 4. The highest BCUT2D eigenvalue weighted by atomic mass is 32.2. The monoisotopic (exact) mass is 466 g/mol. The molecular formula is C25H30N4O3S. The maximum Gasteiger partial charge on any atom is 0.295 e. The number of nitrogens with zero attached hydrogens (tertiary/aromatic N) is 2. The summed E-state index contributed by atoms with van der Waals surface area (Å²) in [5.41, 5.74) is 1.90. The van der Waals surface area contributed by atoms with E-state index in [1.54, 1.807) is 24.7 Å². The molecule has 0 aliphatic heterocycles. The van der Waals surface area contributed by atoms with Gasteiger partial charge in [0.2, 0.25) is 5.91 Å². The molecule has 3 aromatic rings. The van der Waals surface area contributed by atoms with Crippen molar-refractivity contribution >= 4 is 29.3 Å². The number of nitrogens with one attached hydrogen (secondary N) is 2. The molecule has 2 amide bonds. The molecule has 2 aromatic carbocycles. The first-order valence-electron chi connectivity index (χ1n) is 11.0. The summed E-state index contributed by atoms with van der Waals surface area (Å²) in [5.74, 6) is -0.368. The average molecular weight is 467 g/mol. The molecule has 0 radical (unpaired) electrons. The van der Waals surface area contributed by atoms with E-state index in [0.717, 1.165) is 23.4 Å². The summed E-state index contributed by atoms with van der Waals surface area (Å²) in [7, 11) is 1.78. The van der Waals surface area contributed by atoms with Gasteiger partial charge in [0.15, 0.2) is 0 Å². The molecule has 8 heteroatoms. The van der Waals surface area contributed by atoms with Crippen molar-refractivity contribution in [2.75, 3.05) is 11.1 Å². The van der Waals surface area contributed by atoms with E-state index in [1.165, 1.54) is 16.4 Å². The zero-order valence-corrected chi connectivity index (χ0v) is 20.2. The lowest BCUT2D eigenvalue weighted by Gasteiger charge is -2.16. The van der Waals surface area contributed by atoms with E-state index in [0.29, 0.717) is 11.3 Å². The second kappa shape index (κ2) is 11.0. The van der Waals surface area contributed by atoms with Gasteiger partial charge in [-0.05, 0) is 44.0 Å². The molecule has 1 aromatic heterocycles. The molecule has 3 rings (SSSR count). The Balaban J connectivity index is 1.73. The summed E-state index contributed by atoms with van der Waals surface area (Å²) < 4.78 is 3.24. The van der Waals surface area contributed by atoms with Crippen molar-refractivity contribution in [3.8, 4) is 5.69 Å². The van der Waals surface area contributed by atoms with E-state index < -0.39 is 0 Å². The molecule has 0 aliphatic carbocycles. The van der Waals surface area contributed by atoms with Gasteiger partial charge in [0.1, 0.15) is 5.69 Å². The van der Waals surface area contributed by atoms with Crippen LogP contribution in [0.2, 0.25) is 0 Å². The minimum atomic E-state index is -0.304. The molecule has 0 unspecified atom stereocenters. The number of benzene rings is 2. The van der Waals surface area contributed by atoms with E-state index >= 15 is 0 Å². The Bertz CT molecular complexity index is 1180. The number of hydrogen-bond donors (Lipinski definition) is 2. The average Bonchev–Trinajstić information content (AvgIpc) is 3.04. The number of rotatable bonds is 9. The van der Waals surface area contributed by atoms with Crippen LogP contribution < -0.4 is 16.2 Å². The zero-order chi connectivity index (χ0) is 24.0. The highest BCUT2D eigenvalue weighted by Gasteiger charge is 2.19. The summed E-state index contributed by atoms with van der Waals surface area (Å²) in [6, 6.07) is 16.6. The van der Waals surface area contributed by atoms with Crippen molar-refractivity contribution < 1.29 is 9.59 Å². The van der Waals surface area contributed by atoms with Crippen molar-refractivity contribution in [2.45, 2.75) is 44.6 Å². The van der Waals surface area contributed by atoms with Gasteiger partial charge in [0, 0.05) is 18.0 Å². The number of para-hydroxylation sites is 1. The Morgan fingerprint density at radius 1 is 1.00 bits per heavy atom. The predicted octanol–water partition coefficient (Wildman–Crippen LogP) is 4.13. The third-order valence-corrected chi connectivity index (χ3v) is 6.70. The fraction of sp³-hybridized carbons (Fsp3) is 0.320. The van der Waals surface area contributed by atoms with E-state index in [9.17, 15) is 14.4 Å². The van der Waals surface area contributed by atoms with Gasteiger partial charge < -0.3 is 10.6 Å². The Labute approximate surface area is 198 Å². The summed E-state index contributed by atoms with van der Waals surface area (Å²) in [5, 5.41) is 5.80. The lowest BCUT2D eigenvalue weighted by atomic mass is 10.1. The van der Waals surface area contributed by atoms with Gasteiger partial charge in [-0.2, -0.15) is 0 Å². The molecule has 0 fully saturated rings. The fourth-order valence-electron chi connectivity index (χ4n) is 3.57. The van der Waals surface area contributed by atoms with Crippen LogP contribution >= 0.6 is 11.8 Å². The van der Waals surface area contributed by atoms with Crippen molar-refractivity contribution in [3.05, 3.63) is 76.2 Å². The van der Waals surface area contributed by atoms with Gasteiger partial charge in [0.05, 0.1) is 22.7 Å². The van der Waals surface area contributed by atoms with Crippen LogP contribution in [0.3, 0.4) is 0 Å². The van der Waals surface area contributed by atoms with Gasteiger partial charge in [-0.1, -0.05) is 44.2 Å². The first kappa shape index (κ1) is 24.4. The normalized spacial score (nSPS) is 10.9. The molecule has 1 heterocycles. The Morgan fingerprint density at radius 3 is 2.30 bits per heavy atom. The zero-order valence-electron chi connectivity index (χ0n) is 19.4. The molecule has 0 saturated heterocycles. The Hall–Kier alpha value is -3.26. The molecule has 0 atom stereocenters. The van der Waals surface area contributed by atoms with Crippen LogP contribution in [0.5, 0.6) is 0 Å². The van der Waals surface area contributed by atoms with E-state index in [2.05, 4.69) is 10.6 Å². The molecule has 7 nitrogen and oxygen atoms in total. The van der Waals surface area contributed by atoms with Gasteiger partial charge in [-0.15, -0.1) is 11.8 Å². The molecule has 0 bridgehead atoms. The smallest absolute Gasteiger partial charge is 0.295 e. The lowest BCUT2D eigenvalue weighted by molar-refractivity contribution is -0.113. The summed E-state index contributed by atoms with van der Waals surface area (Å²) in [4.78, 5) is 39.1. The highest BCUT2D eigenvalue weighted by Crippen LogP contribution is 2.23. The van der Waals surface area contributed by atoms with Crippen molar-refractivity contribution in [1.82, 2.24) is 14.7 Å². The first-order valence-corrected chi connectivity index (χ1v) is 12.0. The second-order valence-corrected chi connectivity index (χ2v) is 8.77. The van der Waals surface area contributed by atoms with Gasteiger partial charge in [-0.25, -0.2) is 4.68 Å². The molecule has 0 aliphatic rings.